The molecule has 1 aromatic carbocycles. The molecule has 0 aliphatic heterocycles. The molecule has 0 saturated heterocycles. The van der Waals surface area contributed by atoms with Crippen LogP contribution in [0, 0.1) is 30.9 Å². The van der Waals surface area contributed by atoms with Gasteiger partial charge in [-0.3, -0.25) is 24.4 Å². The van der Waals surface area contributed by atoms with E-state index < -0.39 is 29.2 Å². The minimum absolute atomic E-state index is 0.247. The molecule has 0 aliphatic rings. The summed E-state index contributed by atoms with van der Waals surface area (Å²) in [6, 6.07) is 13.0. The average molecular weight is 478 g/mol. The van der Waals surface area contributed by atoms with E-state index in [0.29, 0.717) is 28.5 Å². The lowest BCUT2D eigenvalue weighted by molar-refractivity contribution is -0.402. The van der Waals surface area contributed by atoms with Gasteiger partial charge in [0.05, 0.1) is 17.4 Å². The van der Waals surface area contributed by atoms with Crippen LogP contribution < -0.4 is 5.56 Å². The molecular weight excluding hydrogens is 456 g/mol. The molecule has 0 aliphatic carbocycles. The Morgan fingerprint density at radius 2 is 1.74 bits per heavy atom. The van der Waals surface area contributed by atoms with Gasteiger partial charge in [-0.25, -0.2) is 9.48 Å². The molecular formula is C24H22N4O7. The number of rotatable bonds is 7. The fourth-order valence-electron chi connectivity index (χ4n) is 4.02. The monoisotopic (exact) mass is 478 g/mol. The number of carbonyl (C=O) groups excluding carboxylic acids is 2. The van der Waals surface area contributed by atoms with Gasteiger partial charge in [0.2, 0.25) is 11.5 Å². The molecule has 0 amide bonds. The van der Waals surface area contributed by atoms with Crippen LogP contribution in [0.1, 0.15) is 38.0 Å². The average Bonchev–Trinajstić information content (AvgIpc) is 3.49. The van der Waals surface area contributed by atoms with Crippen LogP contribution in [0.4, 0.5) is 5.88 Å². The quantitative estimate of drug-likeness (QED) is 0.172. The van der Waals surface area contributed by atoms with Gasteiger partial charge in [-0.15, -0.1) is 0 Å². The van der Waals surface area contributed by atoms with Crippen LogP contribution in [-0.2, 0) is 11.8 Å². The Balaban J connectivity index is 1.62. The molecule has 4 rings (SSSR count). The zero-order valence-corrected chi connectivity index (χ0v) is 19.5. The highest BCUT2D eigenvalue weighted by atomic mass is 16.7. The minimum atomic E-state index is -0.995. The number of nitrogens with zero attached hydrogens (tertiary/aromatic N) is 4. The molecule has 0 spiro atoms. The van der Waals surface area contributed by atoms with Crippen LogP contribution in [0.5, 0.6) is 0 Å². The summed E-state index contributed by atoms with van der Waals surface area (Å²) < 4.78 is 14.8. The first-order valence-corrected chi connectivity index (χ1v) is 10.6. The summed E-state index contributed by atoms with van der Waals surface area (Å²) in [5.74, 6) is -2.47. The van der Waals surface area contributed by atoms with Gasteiger partial charge in [0.25, 0.3) is 5.56 Å². The largest absolute Gasteiger partial charge is 0.451 e. The van der Waals surface area contributed by atoms with Gasteiger partial charge in [-0.2, -0.15) is 0 Å². The lowest BCUT2D eigenvalue weighted by Crippen LogP contribution is -2.22. The van der Waals surface area contributed by atoms with Crippen LogP contribution in [0.3, 0.4) is 0 Å². The summed E-state index contributed by atoms with van der Waals surface area (Å²) in [7, 11) is 1.78. The van der Waals surface area contributed by atoms with Crippen LogP contribution in [0.2, 0.25) is 0 Å². The Hall–Kier alpha value is -4.67. The number of benzene rings is 1. The summed E-state index contributed by atoms with van der Waals surface area (Å²) in [6.45, 7) is 4.70. The highest BCUT2D eigenvalue weighted by Gasteiger charge is 2.25. The molecule has 3 heterocycles. The van der Waals surface area contributed by atoms with E-state index in [1.807, 2.05) is 37.3 Å². The lowest BCUT2D eigenvalue weighted by atomic mass is 10.1. The van der Waals surface area contributed by atoms with E-state index in [0.717, 1.165) is 12.1 Å². The Kier molecular flexibility index (Phi) is 6.00. The van der Waals surface area contributed by atoms with E-state index in [1.165, 1.54) is 0 Å². The van der Waals surface area contributed by atoms with Crippen molar-refractivity contribution in [3.8, 4) is 11.4 Å². The van der Waals surface area contributed by atoms with Crippen molar-refractivity contribution in [3.05, 3.63) is 97.4 Å². The second kappa shape index (κ2) is 8.93. The van der Waals surface area contributed by atoms with E-state index in [2.05, 4.69) is 0 Å². The number of carbonyl (C=O) groups is 2. The normalized spacial score (nSPS) is 11.0. The fraction of sp³-hybridized carbons (Fsp3) is 0.208. The number of Topliss-reactive ketones (excluding diaryl/α,β-unsaturated/α-hetero) is 1. The van der Waals surface area contributed by atoms with Crippen molar-refractivity contribution >= 4 is 17.6 Å². The minimum Gasteiger partial charge on any atom is -0.451 e. The number of hydrogen-bond acceptors (Lipinski definition) is 7. The van der Waals surface area contributed by atoms with E-state index in [9.17, 15) is 24.5 Å². The molecule has 3 aromatic heterocycles. The van der Waals surface area contributed by atoms with E-state index in [4.69, 9.17) is 9.15 Å². The van der Waals surface area contributed by atoms with Crippen LogP contribution >= 0.6 is 0 Å². The van der Waals surface area contributed by atoms with Crippen molar-refractivity contribution < 1.29 is 23.7 Å². The number of ether oxygens (including phenoxy) is 1. The molecule has 0 saturated carbocycles. The SMILES string of the molecule is Cc1cc(C(=O)COC(=O)c2ccc([N+](=O)[O-])o2)c(C)n1-c1c(C)n(C)n(-c2ccccc2)c1=O. The maximum absolute atomic E-state index is 13.4. The first kappa shape index (κ1) is 23.5. The predicted molar refractivity (Wildman–Crippen MR) is 125 cm³/mol. The smallest absolute Gasteiger partial charge is 0.433 e. The third-order valence-corrected chi connectivity index (χ3v) is 5.79. The Labute approximate surface area is 198 Å². The number of esters is 1. The third-order valence-electron chi connectivity index (χ3n) is 5.79. The van der Waals surface area contributed by atoms with Gasteiger partial charge >= 0.3 is 11.9 Å². The number of para-hydroxylation sites is 1. The highest BCUT2D eigenvalue weighted by molar-refractivity contribution is 6.00. The lowest BCUT2D eigenvalue weighted by Gasteiger charge is -2.08. The Bertz CT molecular complexity index is 1520. The summed E-state index contributed by atoms with van der Waals surface area (Å²) in [5, 5.41) is 10.7. The molecule has 11 heteroatoms. The maximum Gasteiger partial charge on any atom is 0.433 e. The molecule has 4 aromatic rings. The van der Waals surface area contributed by atoms with Gasteiger partial charge in [-0.05, 0) is 45.0 Å². The van der Waals surface area contributed by atoms with Crippen molar-refractivity contribution in [2.75, 3.05) is 6.61 Å². The van der Waals surface area contributed by atoms with Crippen molar-refractivity contribution in [2.24, 2.45) is 7.05 Å². The van der Waals surface area contributed by atoms with Gasteiger partial charge in [0.1, 0.15) is 10.6 Å². The van der Waals surface area contributed by atoms with Gasteiger partial charge in [0.15, 0.2) is 6.61 Å². The second-order valence-corrected chi connectivity index (χ2v) is 7.92. The molecule has 0 unspecified atom stereocenters. The number of aryl methyl sites for hydroxylation is 1. The van der Waals surface area contributed by atoms with Gasteiger partial charge in [0, 0.05) is 24.0 Å². The summed E-state index contributed by atoms with van der Waals surface area (Å²) >= 11 is 0. The first-order chi connectivity index (χ1) is 16.6. The van der Waals surface area contributed by atoms with Crippen molar-refractivity contribution in [1.29, 1.82) is 0 Å². The maximum atomic E-state index is 13.4. The number of hydrogen-bond donors (Lipinski definition) is 0. The van der Waals surface area contributed by atoms with Crippen LogP contribution in [-0.4, -0.2) is 37.2 Å². The highest BCUT2D eigenvalue weighted by Crippen LogP contribution is 2.23. The summed E-state index contributed by atoms with van der Waals surface area (Å²) in [6.07, 6.45) is 0. The van der Waals surface area contributed by atoms with E-state index in [-0.39, 0.29) is 16.9 Å². The summed E-state index contributed by atoms with van der Waals surface area (Å²) in [4.78, 5) is 48.3. The standard InChI is InChI=1S/C24H22N4O7/c1-14-12-18(19(29)13-34-24(31)20-10-11-21(35-20)28(32)33)15(2)26(14)22-16(3)25(4)27(23(22)30)17-8-6-5-7-9-17/h5-12H,13H2,1-4H3. The topological polar surface area (TPSA) is 132 Å². The number of aromatic nitrogens is 3. The van der Waals surface area contributed by atoms with Crippen LogP contribution in [0.15, 0.2) is 57.7 Å². The first-order valence-electron chi connectivity index (χ1n) is 10.6. The number of nitro groups is 1. The third kappa shape index (κ3) is 4.07. The van der Waals surface area contributed by atoms with Gasteiger partial charge < -0.3 is 13.7 Å². The van der Waals surface area contributed by atoms with Crippen molar-refractivity contribution in [3.63, 3.8) is 0 Å². The molecule has 0 fully saturated rings. The molecule has 180 valence electrons. The summed E-state index contributed by atoms with van der Waals surface area (Å²) in [5.41, 5.74) is 3.03. The zero-order chi connectivity index (χ0) is 25.4. The van der Waals surface area contributed by atoms with Crippen LogP contribution in [0.25, 0.3) is 11.4 Å². The predicted octanol–water partition coefficient (Wildman–Crippen LogP) is 3.43. The van der Waals surface area contributed by atoms with E-state index in [1.54, 1.807) is 40.9 Å². The number of furan rings is 1. The van der Waals surface area contributed by atoms with Crippen molar-refractivity contribution in [2.45, 2.75) is 20.8 Å². The zero-order valence-electron chi connectivity index (χ0n) is 19.5. The van der Waals surface area contributed by atoms with E-state index >= 15 is 0 Å². The second-order valence-electron chi connectivity index (χ2n) is 7.92. The van der Waals surface area contributed by atoms with Crippen molar-refractivity contribution in [1.82, 2.24) is 13.9 Å². The Morgan fingerprint density at radius 1 is 1.06 bits per heavy atom. The number of ketones is 1. The molecule has 35 heavy (non-hydrogen) atoms. The fourth-order valence-corrected chi connectivity index (χ4v) is 4.02. The molecule has 11 nitrogen and oxygen atoms in total. The molecule has 0 N–H and O–H groups in total. The Morgan fingerprint density at radius 3 is 2.37 bits per heavy atom. The van der Waals surface area contributed by atoms with Gasteiger partial charge in [-0.1, -0.05) is 18.2 Å². The molecule has 0 bridgehead atoms. The molecule has 0 radical (unpaired) electrons. The molecule has 0 atom stereocenters.